The molecule has 0 saturated heterocycles. The molecule has 0 unspecified atom stereocenters. The highest BCUT2D eigenvalue weighted by atomic mass is 16.5. The molecular formula is C21H17NO2. The van der Waals surface area contributed by atoms with Crippen LogP contribution in [-0.2, 0) is 11.3 Å². The lowest BCUT2D eigenvalue weighted by molar-refractivity contribution is -0.120. The lowest BCUT2D eigenvalue weighted by atomic mass is 10.1. The van der Waals surface area contributed by atoms with Crippen LogP contribution in [0.5, 0.6) is 5.75 Å². The summed E-state index contributed by atoms with van der Waals surface area (Å²) in [5.74, 6) is 0.606. The summed E-state index contributed by atoms with van der Waals surface area (Å²) in [5, 5.41) is 2.39. The van der Waals surface area contributed by atoms with Gasteiger partial charge in [0, 0.05) is 28.4 Å². The molecule has 0 bridgehead atoms. The van der Waals surface area contributed by atoms with Crippen LogP contribution in [0, 0.1) is 6.92 Å². The molecule has 4 aromatic rings. The molecule has 0 atom stereocenters. The molecule has 0 saturated carbocycles. The molecule has 3 aromatic carbocycles. The lowest BCUT2D eigenvalue weighted by Gasteiger charge is -2.11. The second kappa shape index (κ2) is 5.85. The fraction of sp³-hybridized carbons (Fsp3) is 0.0952. The summed E-state index contributed by atoms with van der Waals surface area (Å²) < 4.78 is 7.45. The van der Waals surface area contributed by atoms with Crippen molar-refractivity contribution in [1.29, 1.82) is 0 Å². The molecule has 0 N–H and O–H groups in total. The molecule has 0 aliphatic heterocycles. The summed E-state index contributed by atoms with van der Waals surface area (Å²) in [5.41, 5.74) is 4.51. The van der Waals surface area contributed by atoms with E-state index in [0.717, 1.165) is 17.6 Å². The van der Waals surface area contributed by atoms with Crippen LogP contribution in [0.25, 0.3) is 21.8 Å². The molecule has 0 amide bonds. The molecule has 118 valence electrons. The zero-order valence-corrected chi connectivity index (χ0v) is 13.4. The average molecular weight is 315 g/mol. The summed E-state index contributed by atoms with van der Waals surface area (Å²) in [6.45, 7) is 3.26. The molecular weight excluding hydrogens is 298 g/mol. The molecule has 3 heteroatoms. The number of hydrogen-bond acceptors (Lipinski definition) is 2. The van der Waals surface area contributed by atoms with Crippen molar-refractivity contribution in [1.82, 2.24) is 4.57 Å². The van der Waals surface area contributed by atoms with Gasteiger partial charge in [-0.15, -0.1) is 0 Å². The van der Waals surface area contributed by atoms with E-state index in [-0.39, 0.29) is 0 Å². The Bertz CT molecular complexity index is 1030. The van der Waals surface area contributed by atoms with Gasteiger partial charge >= 0.3 is 0 Å². The van der Waals surface area contributed by atoms with Gasteiger partial charge in [0.15, 0.2) is 0 Å². The fourth-order valence-corrected chi connectivity index (χ4v) is 3.41. The fourth-order valence-electron chi connectivity index (χ4n) is 3.41. The topological polar surface area (TPSA) is 31.2 Å². The van der Waals surface area contributed by atoms with Crippen molar-refractivity contribution in [3.05, 3.63) is 77.9 Å². The van der Waals surface area contributed by atoms with Gasteiger partial charge in [-0.1, -0.05) is 48.5 Å². The van der Waals surface area contributed by atoms with Crippen molar-refractivity contribution >= 4 is 28.3 Å². The van der Waals surface area contributed by atoms with E-state index in [1.807, 2.05) is 25.1 Å². The number of aromatic nitrogens is 1. The molecule has 0 aliphatic rings. The Balaban J connectivity index is 2.03. The highest BCUT2D eigenvalue weighted by Crippen LogP contribution is 2.35. The van der Waals surface area contributed by atoms with Crippen molar-refractivity contribution in [3.8, 4) is 5.75 Å². The van der Waals surface area contributed by atoms with Crippen molar-refractivity contribution in [2.45, 2.75) is 13.5 Å². The molecule has 1 heterocycles. The number of carbonyl (C=O) groups excluding carboxylic acids is 1. The second-order valence-corrected chi connectivity index (χ2v) is 5.89. The van der Waals surface area contributed by atoms with Gasteiger partial charge in [-0.3, -0.25) is 4.79 Å². The van der Waals surface area contributed by atoms with Crippen molar-refractivity contribution in [2.24, 2.45) is 0 Å². The van der Waals surface area contributed by atoms with Gasteiger partial charge in [0.1, 0.15) is 5.75 Å². The number of carbonyl (C=O) groups is 1. The second-order valence-electron chi connectivity index (χ2n) is 5.89. The van der Waals surface area contributed by atoms with E-state index in [2.05, 4.69) is 53.1 Å². The summed E-state index contributed by atoms with van der Waals surface area (Å²) >= 11 is 0. The molecule has 0 spiro atoms. The third-order valence-corrected chi connectivity index (χ3v) is 4.49. The van der Waals surface area contributed by atoms with E-state index in [4.69, 9.17) is 4.74 Å². The van der Waals surface area contributed by atoms with E-state index in [1.165, 1.54) is 21.9 Å². The Labute approximate surface area is 140 Å². The summed E-state index contributed by atoms with van der Waals surface area (Å²) in [6.07, 6.45) is 0. The van der Waals surface area contributed by atoms with Crippen LogP contribution < -0.4 is 4.74 Å². The Morgan fingerprint density at radius 2 is 1.67 bits per heavy atom. The SMILES string of the molecule is Cc1c(OC=O)ccc2c3ccccc3n(Cc3ccccc3)c12. The van der Waals surface area contributed by atoms with Gasteiger partial charge < -0.3 is 9.30 Å². The highest BCUT2D eigenvalue weighted by Gasteiger charge is 2.15. The molecule has 1 aromatic heterocycles. The summed E-state index contributed by atoms with van der Waals surface area (Å²) in [7, 11) is 0. The minimum atomic E-state index is 0.484. The largest absolute Gasteiger partial charge is 0.428 e. The molecule has 0 fully saturated rings. The van der Waals surface area contributed by atoms with Crippen molar-refractivity contribution < 1.29 is 9.53 Å². The minimum absolute atomic E-state index is 0.484. The number of aryl methyl sites for hydroxylation is 1. The quantitative estimate of drug-likeness (QED) is 0.512. The lowest BCUT2D eigenvalue weighted by Crippen LogP contribution is -2.01. The number of ether oxygens (including phenoxy) is 1. The van der Waals surface area contributed by atoms with Crippen molar-refractivity contribution in [3.63, 3.8) is 0 Å². The van der Waals surface area contributed by atoms with Gasteiger partial charge in [-0.05, 0) is 30.7 Å². The maximum absolute atomic E-state index is 10.8. The maximum atomic E-state index is 10.8. The van der Waals surface area contributed by atoms with Crippen LogP contribution in [-0.4, -0.2) is 11.0 Å². The van der Waals surface area contributed by atoms with Crippen LogP contribution in [0.1, 0.15) is 11.1 Å². The van der Waals surface area contributed by atoms with Crippen LogP contribution >= 0.6 is 0 Å². The average Bonchev–Trinajstić information content (AvgIpc) is 2.93. The van der Waals surface area contributed by atoms with Gasteiger partial charge in [0.25, 0.3) is 6.47 Å². The first-order valence-corrected chi connectivity index (χ1v) is 7.94. The van der Waals surface area contributed by atoms with Crippen LogP contribution in [0.2, 0.25) is 0 Å². The Morgan fingerprint density at radius 1 is 0.917 bits per heavy atom. The van der Waals surface area contributed by atoms with E-state index < -0.39 is 0 Å². The standard InChI is InChI=1S/C21H17NO2/c1-15-20(24-14-23)12-11-18-17-9-5-6-10-19(17)22(21(15)18)13-16-7-3-2-4-8-16/h2-12,14H,13H2,1H3. The number of nitrogens with zero attached hydrogens (tertiary/aromatic N) is 1. The first kappa shape index (κ1) is 14.5. The van der Waals surface area contributed by atoms with E-state index in [0.29, 0.717) is 12.2 Å². The molecule has 0 aliphatic carbocycles. The number of rotatable bonds is 4. The third kappa shape index (κ3) is 2.26. The zero-order chi connectivity index (χ0) is 16.5. The van der Waals surface area contributed by atoms with Crippen molar-refractivity contribution in [2.75, 3.05) is 0 Å². The normalized spacial score (nSPS) is 11.0. The maximum Gasteiger partial charge on any atom is 0.298 e. The highest BCUT2D eigenvalue weighted by molar-refractivity contribution is 6.09. The van der Waals surface area contributed by atoms with Gasteiger partial charge in [0.2, 0.25) is 0 Å². The molecule has 3 nitrogen and oxygen atoms in total. The Morgan fingerprint density at radius 3 is 2.46 bits per heavy atom. The number of fused-ring (bicyclic) bond motifs is 3. The Hall–Kier alpha value is -3.07. The number of para-hydroxylation sites is 1. The van der Waals surface area contributed by atoms with E-state index in [9.17, 15) is 4.79 Å². The first-order chi connectivity index (χ1) is 11.8. The van der Waals surface area contributed by atoms with E-state index >= 15 is 0 Å². The van der Waals surface area contributed by atoms with Crippen LogP contribution in [0.15, 0.2) is 66.7 Å². The smallest absolute Gasteiger partial charge is 0.298 e. The van der Waals surface area contributed by atoms with Crippen LogP contribution in [0.4, 0.5) is 0 Å². The number of hydrogen-bond donors (Lipinski definition) is 0. The Kier molecular flexibility index (Phi) is 3.54. The minimum Gasteiger partial charge on any atom is -0.428 e. The molecule has 4 rings (SSSR count). The van der Waals surface area contributed by atoms with Crippen LogP contribution in [0.3, 0.4) is 0 Å². The van der Waals surface area contributed by atoms with Gasteiger partial charge in [-0.2, -0.15) is 0 Å². The third-order valence-electron chi connectivity index (χ3n) is 4.49. The van der Waals surface area contributed by atoms with Gasteiger partial charge in [-0.25, -0.2) is 0 Å². The summed E-state index contributed by atoms with van der Waals surface area (Å²) in [4.78, 5) is 10.8. The molecule has 0 radical (unpaired) electrons. The zero-order valence-electron chi connectivity index (χ0n) is 13.4. The molecule has 24 heavy (non-hydrogen) atoms. The summed E-state index contributed by atoms with van der Waals surface area (Å²) in [6, 6.07) is 22.7. The first-order valence-electron chi connectivity index (χ1n) is 7.94. The predicted molar refractivity (Wildman–Crippen MR) is 96.4 cm³/mol. The van der Waals surface area contributed by atoms with Gasteiger partial charge in [0.05, 0.1) is 5.52 Å². The van der Waals surface area contributed by atoms with E-state index in [1.54, 1.807) is 0 Å². The number of benzene rings is 3. The monoisotopic (exact) mass is 315 g/mol. The predicted octanol–water partition coefficient (Wildman–Crippen LogP) is 4.69.